The zero-order valence-corrected chi connectivity index (χ0v) is 11.1. The highest BCUT2D eigenvalue weighted by Gasteiger charge is 2.21. The van der Waals surface area contributed by atoms with Crippen LogP contribution in [0.4, 0.5) is 5.82 Å². The molecule has 0 aromatic carbocycles. The molecule has 1 aliphatic heterocycles. The summed E-state index contributed by atoms with van der Waals surface area (Å²) in [6.07, 6.45) is 4.35. The average Bonchev–Trinajstić information content (AvgIpc) is 2.83. The molecule has 3 heterocycles. The fourth-order valence-corrected chi connectivity index (χ4v) is 2.77. The summed E-state index contributed by atoms with van der Waals surface area (Å²) >= 11 is 0. The Morgan fingerprint density at radius 2 is 2.06 bits per heavy atom. The normalized spacial score (nSPS) is 17.2. The molecule has 96 valence electrons. The van der Waals surface area contributed by atoms with Crippen molar-refractivity contribution in [3.05, 3.63) is 30.2 Å². The fraction of sp³-hybridized carbons (Fsp3) is 0.500. The van der Waals surface area contributed by atoms with Crippen molar-refractivity contribution in [2.45, 2.75) is 18.8 Å². The first-order chi connectivity index (χ1) is 8.77. The molecule has 0 bridgehead atoms. The highest BCUT2D eigenvalue weighted by atomic mass is 15.2. The van der Waals surface area contributed by atoms with Crippen LogP contribution in [0.1, 0.15) is 24.6 Å². The Labute approximate surface area is 108 Å². The minimum atomic E-state index is 0.579. The molecule has 0 radical (unpaired) electrons. The lowest BCUT2D eigenvalue weighted by atomic mass is 9.97. The Bertz CT molecular complexity index is 538. The van der Waals surface area contributed by atoms with Crippen molar-refractivity contribution in [1.82, 2.24) is 14.7 Å². The average molecular weight is 244 g/mol. The van der Waals surface area contributed by atoms with Gasteiger partial charge in [-0.05, 0) is 38.1 Å². The van der Waals surface area contributed by atoms with Gasteiger partial charge in [0.05, 0.1) is 11.7 Å². The second-order valence-corrected chi connectivity index (χ2v) is 5.18. The zero-order valence-electron chi connectivity index (χ0n) is 11.1. The first-order valence-electron chi connectivity index (χ1n) is 6.62. The molecule has 2 aromatic heterocycles. The topological polar surface area (TPSA) is 32.6 Å². The van der Waals surface area contributed by atoms with Crippen LogP contribution in [-0.4, -0.2) is 36.6 Å². The number of hydrogen-bond acceptors (Lipinski definition) is 3. The van der Waals surface area contributed by atoms with Gasteiger partial charge in [-0.15, -0.1) is 0 Å². The first-order valence-corrected chi connectivity index (χ1v) is 6.62. The van der Waals surface area contributed by atoms with Crippen LogP contribution < -0.4 is 10.2 Å². The molecule has 2 aromatic rings. The van der Waals surface area contributed by atoms with Crippen LogP contribution in [0.25, 0.3) is 5.52 Å². The van der Waals surface area contributed by atoms with Gasteiger partial charge in [0.2, 0.25) is 0 Å². The molecule has 0 unspecified atom stereocenters. The standard InChI is InChI=1S/C14H20N4/c1-17(2)13-5-3-4-12-10-16-14(18(12)13)11-6-8-15-9-7-11/h3-5,10-11,15H,6-9H2,1-2H3. The van der Waals surface area contributed by atoms with Crippen molar-refractivity contribution in [2.75, 3.05) is 32.1 Å². The van der Waals surface area contributed by atoms with Gasteiger partial charge in [0.15, 0.2) is 0 Å². The van der Waals surface area contributed by atoms with Crippen molar-refractivity contribution in [2.24, 2.45) is 0 Å². The van der Waals surface area contributed by atoms with Gasteiger partial charge >= 0.3 is 0 Å². The van der Waals surface area contributed by atoms with E-state index in [9.17, 15) is 0 Å². The number of piperidine rings is 1. The third kappa shape index (κ3) is 1.86. The Kier molecular flexibility index (Phi) is 2.96. The van der Waals surface area contributed by atoms with Gasteiger partial charge in [0.25, 0.3) is 0 Å². The summed E-state index contributed by atoms with van der Waals surface area (Å²) in [4.78, 5) is 6.82. The van der Waals surface area contributed by atoms with Gasteiger partial charge in [-0.3, -0.25) is 4.40 Å². The number of imidazole rings is 1. The summed E-state index contributed by atoms with van der Waals surface area (Å²) in [5.74, 6) is 3.00. The smallest absolute Gasteiger partial charge is 0.118 e. The monoisotopic (exact) mass is 244 g/mol. The Morgan fingerprint density at radius 3 is 2.78 bits per heavy atom. The summed E-state index contributed by atoms with van der Waals surface area (Å²) < 4.78 is 2.30. The maximum absolute atomic E-state index is 4.67. The van der Waals surface area contributed by atoms with Crippen molar-refractivity contribution in [1.29, 1.82) is 0 Å². The Balaban J connectivity index is 2.11. The summed E-state index contributed by atoms with van der Waals surface area (Å²) in [6.45, 7) is 2.20. The minimum Gasteiger partial charge on any atom is -0.364 e. The molecule has 4 heteroatoms. The molecule has 0 spiro atoms. The molecular weight excluding hydrogens is 224 g/mol. The summed E-state index contributed by atoms with van der Waals surface area (Å²) in [6, 6.07) is 6.38. The molecule has 1 N–H and O–H groups in total. The predicted octanol–water partition coefficient (Wildman–Crippen LogP) is 1.87. The summed E-state index contributed by atoms with van der Waals surface area (Å²) in [5.41, 5.74) is 1.19. The maximum atomic E-state index is 4.67. The lowest BCUT2D eigenvalue weighted by Crippen LogP contribution is -2.28. The number of pyridine rings is 1. The Morgan fingerprint density at radius 1 is 1.28 bits per heavy atom. The molecule has 1 fully saturated rings. The molecule has 18 heavy (non-hydrogen) atoms. The number of nitrogens with zero attached hydrogens (tertiary/aromatic N) is 3. The van der Waals surface area contributed by atoms with E-state index in [4.69, 9.17) is 0 Å². The van der Waals surface area contributed by atoms with Crippen LogP contribution >= 0.6 is 0 Å². The van der Waals surface area contributed by atoms with E-state index in [1.165, 1.54) is 30.0 Å². The van der Waals surface area contributed by atoms with Crippen LogP contribution in [0, 0.1) is 0 Å². The van der Waals surface area contributed by atoms with Gasteiger partial charge in [0, 0.05) is 20.0 Å². The summed E-state index contributed by atoms with van der Waals surface area (Å²) in [7, 11) is 4.17. The molecule has 3 rings (SSSR count). The zero-order chi connectivity index (χ0) is 12.5. The van der Waals surface area contributed by atoms with E-state index in [1.807, 2.05) is 6.20 Å². The van der Waals surface area contributed by atoms with Crippen molar-refractivity contribution < 1.29 is 0 Å². The molecule has 0 aliphatic carbocycles. The number of anilines is 1. The second-order valence-electron chi connectivity index (χ2n) is 5.18. The van der Waals surface area contributed by atoms with Crippen molar-refractivity contribution >= 4 is 11.3 Å². The minimum absolute atomic E-state index is 0.579. The quantitative estimate of drug-likeness (QED) is 0.875. The second kappa shape index (κ2) is 4.61. The number of hydrogen-bond donors (Lipinski definition) is 1. The van der Waals surface area contributed by atoms with Crippen molar-refractivity contribution in [3.63, 3.8) is 0 Å². The maximum Gasteiger partial charge on any atom is 0.118 e. The van der Waals surface area contributed by atoms with Gasteiger partial charge in [-0.25, -0.2) is 4.98 Å². The van der Waals surface area contributed by atoms with E-state index in [0.717, 1.165) is 13.1 Å². The first kappa shape index (κ1) is 11.5. The van der Waals surface area contributed by atoms with E-state index in [0.29, 0.717) is 5.92 Å². The molecule has 0 atom stereocenters. The fourth-order valence-electron chi connectivity index (χ4n) is 2.77. The lowest BCUT2D eigenvalue weighted by molar-refractivity contribution is 0.444. The highest BCUT2D eigenvalue weighted by Crippen LogP contribution is 2.28. The largest absolute Gasteiger partial charge is 0.364 e. The lowest BCUT2D eigenvalue weighted by Gasteiger charge is -2.23. The molecule has 0 amide bonds. The van der Waals surface area contributed by atoms with Gasteiger partial charge in [0.1, 0.15) is 11.6 Å². The van der Waals surface area contributed by atoms with Crippen LogP contribution in [0.5, 0.6) is 0 Å². The van der Waals surface area contributed by atoms with Crippen molar-refractivity contribution in [3.8, 4) is 0 Å². The van der Waals surface area contributed by atoms with Crippen LogP contribution in [0.2, 0.25) is 0 Å². The molecule has 1 aliphatic rings. The van der Waals surface area contributed by atoms with E-state index < -0.39 is 0 Å². The van der Waals surface area contributed by atoms with Gasteiger partial charge in [-0.1, -0.05) is 6.07 Å². The molecule has 0 saturated carbocycles. The van der Waals surface area contributed by atoms with E-state index in [2.05, 4.69) is 51.9 Å². The van der Waals surface area contributed by atoms with Crippen LogP contribution in [0.15, 0.2) is 24.4 Å². The van der Waals surface area contributed by atoms with E-state index in [1.54, 1.807) is 0 Å². The van der Waals surface area contributed by atoms with E-state index >= 15 is 0 Å². The molecule has 4 nitrogen and oxygen atoms in total. The third-order valence-corrected chi connectivity index (χ3v) is 3.72. The van der Waals surface area contributed by atoms with E-state index in [-0.39, 0.29) is 0 Å². The summed E-state index contributed by atoms with van der Waals surface area (Å²) in [5, 5.41) is 3.41. The van der Waals surface area contributed by atoms with Crippen LogP contribution in [0.3, 0.4) is 0 Å². The Hall–Kier alpha value is -1.55. The van der Waals surface area contributed by atoms with Crippen LogP contribution in [-0.2, 0) is 0 Å². The SMILES string of the molecule is CN(C)c1cccc2cnc(C3CCNCC3)n12. The number of nitrogens with one attached hydrogen (secondary N) is 1. The van der Waals surface area contributed by atoms with Gasteiger partial charge in [-0.2, -0.15) is 0 Å². The number of fused-ring (bicyclic) bond motifs is 1. The molecular formula is C14H20N4. The third-order valence-electron chi connectivity index (χ3n) is 3.72. The molecule has 1 saturated heterocycles. The highest BCUT2D eigenvalue weighted by molar-refractivity contribution is 5.55. The van der Waals surface area contributed by atoms with Gasteiger partial charge < -0.3 is 10.2 Å². The number of rotatable bonds is 2. The number of aromatic nitrogens is 2. The predicted molar refractivity (Wildman–Crippen MR) is 74.4 cm³/mol.